The molecule has 1 unspecified atom stereocenters. The van der Waals surface area contributed by atoms with Crippen molar-refractivity contribution >= 4 is 0 Å². The van der Waals surface area contributed by atoms with Gasteiger partial charge < -0.3 is 10.2 Å². The monoisotopic (exact) mass is 259 g/mol. The zero-order chi connectivity index (χ0) is 13.7. The molecule has 4 heteroatoms. The first-order valence-electron chi connectivity index (χ1n) is 6.75. The smallest absolute Gasteiger partial charge is 0.221 e. The quantitative estimate of drug-likeness (QED) is 0.865. The van der Waals surface area contributed by atoms with Gasteiger partial charge in [0.25, 0.3) is 0 Å². The molecule has 2 N–H and O–H groups in total. The van der Waals surface area contributed by atoms with Gasteiger partial charge in [0.2, 0.25) is 11.8 Å². The molecule has 4 nitrogen and oxygen atoms in total. The van der Waals surface area contributed by atoms with Crippen LogP contribution < -0.4 is 5.73 Å². The maximum atomic E-state index is 5.84. The minimum absolute atomic E-state index is 0.0933. The lowest BCUT2D eigenvalue weighted by Gasteiger charge is -2.10. The van der Waals surface area contributed by atoms with Crippen molar-refractivity contribution in [2.45, 2.75) is 32.6 Å². The average molecular weight is 259 g/mol. The van der Waals surface area contributed by atoms with Crippen molar-refractivity contribution < 1.29 is 4.42 Å². The van der Waals surface area contributed by atoms with Crippen LogP contribution in [-0.4, -0.2) is 16.7 Å². The van der Waals surface area contributed by atoms with Crippen LogP contribution in [0.2, 0.25) is 0 Å². The number of nitrogens with two attached hydrogens (primary N) is 1. The predicted molar refractivity (Wildman–Crippen MR) is 74.8 cm³/mol. The minimum Gasteiger partial charge on any atom is -0.425 e. The van der Waals surface area contributed by atoms with Crippen molar-refractivity contribution in [1.29, 1.82) is 0 Å². The van der Waals surface area contributed by atoms with Crippen LogP contribution in [0.4, 0.5) is 0 Å². The van der Waals surface area contributed by atoms with E-state index in [1.165, 1.54) is 5.56 Å². The molecule has 0 fully saturated rings. The topological polar surface area (TPSA) is 64.9 Å². The van der Waals surface area contributed by atoms with Gasteiger partial charge in [-0.15, -0.1) is 10.2 Å². The van der Waals surface area contributed by atoms with Crippen LogP contribution in [0.25, 0.3) is 0 Å². The van der Waals surface area contributed by atoms with Crippen LogP contribution in [0.1, 0.15) is 37.1 Å². The van der Waals surface area contributed by atoms with E-state index in [-0.39, 0.29) is 5.92 Å². The third-order valence-corrected chi connectivity index (χ3v) is 3.02. The lowest BCUT2D eigenvalue weighted by atomic mass is 9.99. The van der Waals surface area contributed by atoms with Gasteiger partial charge in [0.05, 0.1) is 5.92 Å². The molecule has 0 aliphatic heterocycles. The number of nitrogens with zero attached hydrogens (tertiary/aromatic N) is 2. The van der Waals surface area contributed by atoms with Gasteiger partial charge in [0.1, 0.15) is 0 Å². The van der Waals surface area contributed by atoms with Crippen LogP contribution in [0.15, 0.2) is 34.7 Å². The van der Waals surface area contributed by atoms with Crippen molar-refractivity contribution in [1.82, 2.24) is 10.2 Å². The van der Waals surface area contributed by atoms with E-state index in [2.05, 4.69) is 36.2 Å². The highest BCUT2D eigenvalue weighted by atomic mass is 16.4. The van der Waals surface area contributed by atoms with E-state index in [0.29, 0.717) is 24.2 Å². The SMILES string of the molecule is CC(C)Cc1nnc(C(CN)Cc2ccccc2)o1. The Kier molecular flexibility index (Phi) is 4.68. The van der Waals surface area contributed by atoms with Gasteiger partial charge in [-0.1, -0.05) is 44.2 Å². The molecule has 0 aliphatic rings. The lowest BCUT2D eigenvalue weighted by Crippen LogP contribution is -2.15. The molecule has 0 amide bonds. The summed E-state index contributed by atoms with van der Waals surface area (Å²) in [6, 6.07) is 10.2. The molecular weight excluding hydrogens is 238 g/mol. The minimum atomic E-state index is 0.0933. The van der Waals surface area contributed by atoms with Crippen molar-refractivity contribution in [3.63, 3.8) is 0 Å². The first-order chi connectivity index (χ1) is 9.19. The molecule has 0 aliphatic carbocycles. The van der Waals surface area contributed by atoms with Gasteiger partial charge in [0, 0.05) is 13.0 Å². The van der Waals surface area contributed by atoms with Gasteiger partial charge in [-0.05, 0) is 17.9 Å². The Morgan fingerprint density at radius 1 is 1.11 bits per heavy atom. The van der Waals surface area contributed by atoms with E-state index < -0.39 is 0 Å². The summed E-state index contributed by atoms with van der Waals surface area (Å²) in [6.45, 7) is 4.78. The average Bonchev–Trinajstić information content (AvgIpc) is 2.84. The maximum absolute atomic E-state index is 5.84. The van der Waals surface area contributed by atoms with E-state index in [1.807, 2.05) is 18.2 Å². The zero-order valence-corrected chi connectivity index (χ0v) is 11.5. The van der Waals surface area contributed by atoms with Gasteiger partial charge in [-0.2, -0.15) is 0 Å². The highest BCUT2D eigenvalue weighted by molar-refractivity contribution is 5.17. The van der Waals surface area contributed by atoms with Crippen molar-refractivity contribution in [3.05, 3.63) is 47.7 Å². The van der Waals surface area contributed by atoms with Gasteiger partial charge in [0.15, 0.2) is 0 Å². The molecule has 19 heavy (non-hydrogen) atoms. The molecule has 1 aromatic carbocycles. The molecule has 1 aromatic heterocycles. The van der Waals surface area contributed by atoms with Gasteiger partial charge in [-0.3, -0.25) is 0 Å². The second-order valence-corrected chi connectivity index (χ2v) is 5.25. The zero-order valence-electron chi connectivity index (χ0n) is 11.5. The van der Waals surface area contributed by atoms with E-state index in [9.17, 15) is 0 Å². The Morgan fingerprint density at radius 2 is 1.84 bits per heavy atom. The number of benzene rings is 1. The first kappa shape index (κ1) is 13.7. The van der Waals surface area contributed by atoms with E-state index in [4.69, 9.17) is 10.2 Å². The molecule has 0 saturated carbocycles. The summed E-state index contributed by atoms with van der Waals surface area (Å²) in [7, 11) is 0. The number of hydrogen-bond donors (Lipinski definition) is 1. The lowest BCUT2D eigenvalue weighted by molar-refractivity contribution is 0.398. The Balaban J connectivity index is 2.07. The number of hydrogen-bond acceptors (Lipinski definition) is 4. The highest BCUT2D eigenvalue weighted by Gasteiger charge is 2.18. The molecule has 0 spiro atoms. The molecule has 2 aromatic rings. The molecule has 2 rings (SSSR count). The number of aromatic nitrogens is 2. The summed E-state index contributed by atoms with van der Waals surface area (Å²) in [5.74, 6) is 1.97. The first-order valence-corrected chi connectivity index (χ1v) is 6.75. The Morgan fingerprint density at radius 3 is 2.47 bits per heavy atom. The van der Waals surface area contributed by atoms with E-state index in [0.717, 1.165) is 12.8 Å². The molecular formula is C15H21N3O. The third-order valence-electron chi connectivity index (χ3n) is 3.02. The fraction of sp³-hybridized carbons (Fsp3) is 0.467. The van der Waals surface area contributed by atoms with Crippen LogP contribution in [0.3, 0.4) is 0 Å². The second kappa shape index (κ2) is 6.48. The summed E-state index contributed by atoms with van der Waals surface area (Å²) >= 11 is 0. The van der Waals surface area contributed by atoms with Crippen LogP contribution in [0, 0.1) is 5.92 Å². The molecule has 0 saturated heterocycles. The summed E-state index contributed by atoms with van der Waals surface area (Å²) in [6.07, 6.45) is 1.65. The fourth-order valence-electron chi connectivity index (χ4n) is 2.03. The summed E-state index contributed by atoms with van der Waals surface area (Å²) in [4.78, 5) is 0. The van der Waals surface area contributed by atoms with Crippen molar-refractivity contribution in [3.8, 4) is 0 Å². The Bertz CT molecular complexity index is 493. The highest BCUT2D eigenvalue weighted by Crippen LogP contribution is 2.19. The van der Waals surface area contributed by atoms with E-state index in [1.54, 1.807) is 0 Å². The largest absolute Gasteiger partial charge is 0.425 e. The summed E-state index contributed by atoms with van der Waals surface area (Å²) < 4.78 is 5.72. The van der Waals surface area contributed by atoms with Crippen molar-refractivity contribution in [2.75, 3.05) is 6.54 Å². The van der Waals surface area contributed by atoms with Crippen LogP contribution in [0.5, 0.6) is 0 Å². The summed E-state index contributed by atoms with van der Waals surface area (Å²) in [5.41, 5.74) is 7.07. The van der Waals surface area contributed by atoms with Crippen LogP contribution in [-0.2, 0) is 12.8 Å². The molecule has 0 radical (unpaired) electrons. The summed E-state index contributed by atoms with van der Waals surface area (Å²) in [5, 5.41) is 8.23. The predicted octanol–water partition coefficient (Wildman–Crippen LogP) is 2.55. The third kappa shape index (κ3) is 3.89. The standard InChI is InChI=1S/C15H21N3O/c1-11(2)8-14-17-18-15(19-14)13(10-16)9-12-6-4-3-5-7-12/h3-7,11,13H,8-10,16H2,1-2H3. The van der Waals surface area contributed by atoms with Crippen molar-refractivity contribution in [2.24, 2.45) is 11.7 Å². The normalized spacial score (nSPS) is 12.8. The van der Waals surface area contributed by atoms with Gasteiger partial charge >= 0.3 is 0 Å². The second-order valence-electron chi connectivity index (χ2n) is 5.25. The maximum Gasteiger partial charge on any atom is 0.221 e. The van der Waals surface area contributed by atoms with Gasteiger partial charge in [-0.25, -0.2) is 0 Å². The number of rotatable bonds is 6. The van der Waals surface area contributed by atoms with Crippen LogP contribution >= 0.6 is 0 Å². The molecule has 1 heterocycles. The van der Waals surface area contributed by atoms with E-state index >= 15 is 0 Å². The Hall–Kier alpha value is -1.68. The molecule has 1 atom stereocenters. The fourth-order valence-corrected chi connectivity index (χ4v) is 2.03. The Labute approximate surface area is 114 Å². The molecule has 102 valence electrons. The molecule has 0 bridgehead atoms.